The van der Waals surface area contributed by atoms with E-state index in [2.05, 4.69) is 15.5 Å². The Bertz CT molecular complexity index is 984. The van der Waals surface area contributed by atoms with Crippen LogP contribution in [0.2, 0.25) is 0 Å². The van der Waals surface area contributed by atoms with Gasteiger partial charge in [-0.05, 0) is 29.8 Å². The van der Waals surface area contributed by atoms with E-state index < -0.39 is 17.7 Å². The fourth-order valence-electron chi connectivity index (χ4n) is 2.65. The summed E-state index contributed by atoms with van der Waals surface area (Å²) in [6.45, 7) is 0.163. The van der Waals surface area contributed by atoms with Crippen LogP contribution >= 0.6 is 0 Å². The van der Waals surface area contributed by atoms with E-state index in [1.165, 1.54) is 26.4 Å². The normalized spacial score (nSPS) is 10.6. The minimum atomic E-state index is -0.532. The third-order valence-corrected chi connectivity index (χ3v) is 3.96. The van der Waals surface area contributed by atoms with Crippen molar-refractivity contribution in [1.82, 2.24) is 15.5 Å². The number of esters is 1. The minimum Gasteiger partial charge on any atom is -0.496 e. The first-order chi connectivity index (χ1) is 12.5. The second-order valence-electron chi connectivity index (χ2n) is 5.45. The molecule has 0 spiro atoms. The Balaban J connectivity index is 1.85. The summed E-state index contributed by atoms with van der Waals surface area (Å²) in [6.07, 6.45) is 1.56. The molecule has 7 nitrogen and oxygen atoms in total. The third-order valence-electron chi connectivity index (χ3n) is 3.96. The number of ether oxygens (including phenoxy) is 2. The Kier molecular flexibility index (Phi) is 4.83. The van der Waals surface area contributed by atoms with Crippen molar-refractivity contribution >= 4 is 22.8 Å². The summed E-state index contributed by atoms with van der Waals surface area (Å²) in [4.78, 5) is 24.2. The molecule has 0 radical (unpaired) electrons. The van der Waals surface area contributed by atoms with Crippen molar-refractivity contribution < 1.29 is 23.5 Å². The van der Waals surface area contributed by atoms with Gasteiger partial charge in [0.25, 0.3) is 5.91 Å². The van der Waals surface area contributed by atoms with Gasteiger partial charge in [0.05, 0.1) is 37.1 Å². The van der Waals surface area contributed by atoms with Crippen molar-refractivity contribution in [2.24, 2.45) is 0 Å². The zero-order valence-corrected chi connectivity index (χ0v) is 14.1. The van der Waals surface area contributed by atoms with Gasteiger partial charge in [0, 0.05) is 11.9 Å². The molecule has 1 heterocycles. The Hall–Kier alpha value is -3.42. The van der Waals surface area contributed by atoms with Crippen LogP contribution in [0.1, 0.15) is 26.3 Å². The number of amides is 1. The maximum absolute atomic E-state index is 13.4. The molecule has 0 aliphatic rings. The van der Waals surface area contributed by atoms with Gasteiger partial charge in [-0.1, -0.05) is 6.07 Å². The van der Waals surface area contributed by atoms with Crippen LogP contribution < -0.4 is 10.1 Å². The lowest BCUT2D eigenvalue weighted by Gasteiger charge is -2.11. The number of methoxy groups -OCH3 is 2. The highest BCUT2D eigenvalue weighted by Gasteiger charge is 2.17. The monoisotopic (exact) mass is 357 g/mol. The SMILES string of the molecule is COC(=O)c1ccc(CNC(=O)c2cc(F)ccc2OC)c2cn[nH]c12. The number of rotatable bonds is 5. The molecular formula is C18H16FN3O4. The number of aromatic nitrogens is 2. The Labute approximate surface area is 148 Å². The molecule has 0 aliphatic carbocycles. The molecule has 26 heavy (non-hydrogen) atoms. The maximum Gasteiger partial charge on any atom is 0.340 e. The highest BCUT2D eigenvalue weighted by atomic mass is 19.1. The van der Waals surface area contributed by atoms with Gasteiger partial charge in [0.15, 0.2) is 0 Å². The van der Waals surface area contributed by atoms with E-state index in [1.807, 2.05) is 0 Å². The standard InChI is InChI=1S/C18H16FN3O4/c1-25-15-6-4-11(19)7-13(15)17(23)20-8-10-3-5-12(18(24)26-2)16-14(10)9-21-22-16/h3-7,9H,8H2,1-2H3,(H,20,23)(H,21,22). The summed E-state index contributed by atoms with van der Waals surface area (Å²) in [5.41, 5.74) is 1.71. The van der Waals surface area contributed by atoms with E-state index in [0.717, 1.165) is 11.6 Å². The van der Waals surface area contributed by atoms with E-state index in [0.29, 0.717) is 16.5 Å². The molecule has 0 atom stereocenters. The average Bonchev–Trinajstić information content (AvgIpc) is 3.15. The van der Waals surface area contributed by atoms with Crippen LogP contribution in [0.15, 0.2) is 36.5 Å². The van der Waals surface area contributed by atoms with Crippen molar-refractivity contribution in [2.75, 3.05) is 14.2 Å². The summed E-state index contributed by atoms with van der Waals surface area (Å²) in [7, 11) is 2.70. The van der Waals surface area contributed by atoms with E-state index in [4.69, 9.17) is 9.47 Å². The molecule has 0 aliphatic heterocycles. The topological polar surface area (TPSA) is 93.3 Å². The average molecular weight is 357 g/mol. The molecule has 0 saturated carbocycles. The molecule has 1 amide bonds. The number of halogens is 1. The van der Waals surface area contributed by atoms with Crippen LogP contribution in [0.5, 0.6) is 5.75 Å². The first kappa shape index (κ1) is 17.4. The van der Waals surface area contributed by atoms with Crippen LogP contribution in [0, 0.1) is 5.82 Å². The molecule has 2 N–H and O–H groups in total. The molecule has 0 saturated heterocycles. The number of benzene rings is 2. The number of nitrogens with one attached hydrogen (secondary N) is 2. The van der Waals surface area contributed by atoms with Gasteiger partial charge in [-0.25, -0.2) is 9.18 Å². The van der Waals surface area contributed by atoms with Crippen LogP contribution in [0.25, 0.3) is 10.9 Å². The maximum atomic E-state index is 13.4. The number of hydrogen-bond donors (Lipinski definition) is 2. The summed E-state index contributed by atoms with van der Waals surface area (Å²) in [5.74, 6) is -1.22. The highest BCUT2D eigenvalue weighted by Crippen LogP contribution is 2.22. The quantitative estimate of drug-likeness (QED) is 0.684. The lowest BCUT2D eigenvalue weighted by Crippen LogP contribution is -2.23. The number of carbonyl (C=O) groups excluding carboxylic acids is 2. The smallest absolute Gasteiger partial charge is 0.340 e. The van der Waals surface area contributed by atoms with Crippen molar-refractivity contribution in [1.29, 1.82) is 0 Å². The molecule has 0 unspecified atom stereocenters. The molecule has 2 aromatic carbocycles. The number of nitrogens with zero attached hydrogens (tertiary/aromatic N) is 1. The molecule has 1 aromatic heterocycles. The Morgan fingerprint density at radius 3 is 2.73 bits per heavy atom. The number of hydrogen-bond acceptors (Lipinski definition) is 5. The van der Waals surface area contributed by atoms with Gasteiger partial charge in [0.2, 0.25) is 0 Å². The lowest BCUT2D eigenvalue weighted by atomic mass is 10.1. The Morgan fingerprint density at radius 1 is 1.19 bits per heavy atom. The third kappa shape index (κ3) is 3.21. The molecule has 0 fully saturated rings. The first-order valence-corrected chi connectivity index (χ1v) is 7.70. The van der Waals surface area contributed by atoms with E-state index in [1.54, 1.807) is 18.3 Å². The van der Waals surface area contributed by atoms with Crippen molar-refractivity contribution in [2.45, 2.75) is 6.54 Å². The van der Waals surface area contributed by atoms with Gasteiger partial charge < -0.3 is 14.8 Å². The minimum absolute atomic E-state index is 0.0992. The highest BCUT2D eigenvalue weighted by molar-refractivity contribution is 6.03. The second kappa shape index (κ2) is 7.22. The van der Waals surface area contributed by atoms with E-state index in [9.17, 15) is 14.0 Å². The first-order valence-electron chi connectivity index (χ1n) is 7.70. The predicted molar refractivity (Wildman–Crippen MR) is 91.6 cm³/mol. The lowest BCUT2D eigenvalue weighted by molar-refractivity contribution is 0.0602. The van der Waals surface area contributed by atoms with Crippen LogP contribution in [0.4, 0.5) is 4.39 Å². The van der Waals surface area contributed by atoms with E-state index in [-0.39, 0.29) is 17.9 Å². The summed E-state index contributed by atoms with van der Waals surface area (Å²) < 4.78 is 23.3. The van der Waals surface area contributed by atoms with Gasteiger partial charge in [0.1, 0.15) is 11.6 Å². The van der Waals surface area contributed by atoms with Crippen molar-refractivity contribution in [3.05, 3.63) is 59.0 Å². The number of carbonyl (C=O) groups is 2. The van der Waals surface area contributed by atoms with E-state index >= 15 is 0 Å². The number of H-pyrrole nitrogens is 1. The largest absolute Gasteiger partial charge is 0.496 e. The van der Waals surface area contributed by atoms with Crippen LogP contribution in [-0.4, -0.2) is 36.3 Å². The summed E-state index contributed by atoms with van der Waals surface area (Å²) in [5, 5.41) is 10.1. The van der Waals surface area contributed by atoms with Gasteiger partial charge >= 0.3 is 5.97 Å². The zero-order valence-electron chi connectivity index (χ0n) is 14.1. The molecule has 8 heteroatoms. The fourth-order valence-corrected chi connectivity index (χ4v) is 2.65. The van der Waals surface area contributed by atoms with Gasteiger partial charge in [-0.15, -0.1) is 0 Å². The second-order valence-corrected chi connectivity index (χ2v) is 5.45. The zero-order chi connectivity index (χ0) is 18.7. The summed E-state index contributed by atoms with van der Waals surface area (Å²) in [6, 6.07) is 7.02. The Morgan fingerprint density at radius 2 is 2.00 bits per heavy atom. The van der Waals surface area contributed by atoms with Crippen LogP contribution in [0.3, 0.4) is 0 Å². The molecule has 0 bridgehead atoms. The molecular weight excluding hydrogens is 341 g/mol. The number of aromatic amines is 1. The van der Waals surface area contributed by atoms with Crippen LogP contribution in [-0.2, 0) is 11.3 Å². The fraction of sp³-hybridized carbons (Fsp3) is 0.167. The summed E-state index contributed by atoms with van der Waals surface area (Å²) >= 11 is 0. The predicted octanol–water partition coefficient (Wildman–Crippen LogP) is 2.43. The molecule has 3 aromatic rings. The van der Waals surface area contributed by atoms with Gasteiger partial charge in [-0.2, -0.15) is 5.10 Å². The number of fused-ring (bicyclic) bond motifs is 1. The van der Waals surface area contributed by atoms with Crippen molar-refractivity contribution in [3.8, 4) is 5.75 Å². The molecule has 3 rings (SSSR count). The molecule has 134 valence electrons. The van der Waals surface area contributed by atoms with Gasteiger partial charge in [-0.3, -0.25) is 9.89 Å². The van der Waals surface area contributed by atoms with Crippen molar-refractivity contribution in [3.63, 3.8) is 0 Å².